The van der Waals surface area contributed by atoms with Crippen LogP contribution in [-0.4, -0.2) is 36.6 Å². The number of H-pyrrole nitrogens is 1. The second-order valence-corrected chi connectivity index (χ2v) is 5.00. The summed E-state index contributed by atoms with van der Waals surface area (Å²) >= 11 is 1.09. The van der Waals surface area contributed by atoms with E-state index in [1.165, 1.54) is 6.07 Å². The van der Waals surface area contributed by atoms with E-state index < -0.39 is 5.97 Å². The molecule has 0 saturated carbocycles. The number of rotatable bonds is 6. The van der Waals surface area contributed by atoms with Crippen molar-refractivity contribution in [3.8, 4) is 11.4 Å². The summed E-state index contributed by atoms with van der Waals surface area (Å²) in [6.45, 7) is 2.61. The molecule has 0 unspecified atom stereocenters. The van der Waals surface area contributed by atoms with E-state index in [1.807, 2.05) is 6.92 Å². The van der Waals surface area contributed by atoms with Crippen molar-refractivity contribution in [2.75, 3.05) is 5.75 Å². The zero-order chi connectivity index (χ0) is 14.5. The Kier molecular flexibility index (Phi) is 4.57. The summed E-state index contributed by atoms with van der Waals surface area (Å²) in [7, 11) is 0. The third-order valence-electron chi connectivity index (χ3n) is 2.55. The number of aliphatic carboxylic acids is 1. The maximum atomic E-state index is 11.8. The normalized spacial score (nSPS) is 10.7. The number of aromatic amines is 1. The van der Waals surface area contributed by atoms with Crippen LogP contribution >= 0.6 is 11.8 Å². The Balaban J connectivity index is 2.41. The topological polar surface area (TPSA) is 101 Å². The first-order chi connectivity index (χ1) is 9.63. The molecular weight excluding hydrogens is 280 g/mol. The molecule has 2 aromatic rings. The number of hydrogen-bond donors (Lipinski definition) is 2. The molecule has 0 spiro atoms. The molecule has 0 aromatic carbocycles. The Hall–Kier alpha value is -2.09. The Morgan fingerprint density at radius 2 is 2.30 bits per heavy atom. The van der Waals surface area contributed by atoms with Crippen LogP contribution in [0.5, 0.6) is 0 Å². The fraction of sp³-hybridized carbons (Fsp3) is 0.333. The zero-order valence-electron chi connectivity index (χ0n) is 10.9. The number of carboxylic acid groups (broad SMARTS) is 1. The number of thioether (sulfide) groups is 1. The molecule has 0 bridgehead atoms. The summed E-state index contributed by atoms with van der Waals surface area (Å²) in [6.07, 6.45) is 3.95. The van der Waals surface area contributed by atoms with Gasteiger partial charge in [-0.15, -0.1) is 10.2 Å². The van der Waals surface area contributed by atoms with Crippen LogP contribution in [0.4, 0.5) is 0 Å². The summed E-state index contributed by atoms with van der Waals surface area (Å²) in [5, 5.41) is 17.2. The van der Waals surface area contributed by atoms with Crippen molar-refractivity contribution in [2.24, 2.45) is 0 Å². The number of pyridine rings is 1. The van der Waals surface area contributed by atoms with E-state index in [9.17, 15) is 9.59 Å². The van der Waals surface area contributed by atoms with Gasteiger partial charge in [0.1, 0.15) is 0 Å². The highest BCUT2D eigenvalue weighted by Gasteiger charge is 2.16. The van der Waals surface area contributed by atoms with E-state index >= 15 is 0 Å². The van der Waals surface area contributed by atoms with Crippen LogP contribution in [0.3, 0.4) is 0 Å². The first-order valence-electron chi connectivity index (χ1n) is 6.08. The zero-order valence-corrected chi connectivity index (χ0v) is 11.7. The fourth-order valence-electron chi connectivity index (χ4n) is 1.74. The molecule has 20 heavy (non-hydrogen) atoms. The molecule has 2 rings (SSSR count). The highest BCUT2D eigenvalue weighted by atomic mass is 32.2. The summed E-state index contributed by atoms with van der Waals surface area (Å²) in [4.78, 5) is 25.3. The van der Waals surface area contributed by atoms with Gasteiger partial charge in [-0.25, -0.2) is 0 Å². The van der Waals surface area contributed by atoms with Gasteiger partial charge in [0.05, 0.1) is 11.3 Å². The molecule has 0 amide bonds. The third kappa shape index (κ3) is 3.08. The van der Waals surface area contributed by atoms with Crippen molar-refractivity contribution in [1.82, 2.24) is 19.7 Å². The van der Waals surface area contributed by atoms with Crippen molar-refractivity contribution in [2.45, 2.75) is 25.0 Å². The smallest absolute Gasteiger partial charge is 0.313 e. The average Bonchev–Trinajstić information content (AvgIpc) is 2.80. The standard InChI is InChI=1S/C12H14N4O3S/c1-2-5-16-11(8-6-13-4-3-9(8)17)14-15-12(16)20-7-10(18)19/h3-4,6H,2,5,7H2,1H3,(H,13,17)(H,18,19). The Bertz CT molecular complexity index is 665. The maximum Gasteiger partial charge on any atom is 0.313 e. The Morgan fingerprint density at radius 1 is 1.50 bits per heavy atom. The number of nitrogens with one attached hydrogen (secondary N) is 1. The monoisotopic (exact) mass is 294 g/mol. The largest absolute Gasteiger partial charge is 0.481 e. The van der Waals surface area contributed by atoms with Crippen LogP contribution in [0, 0.1) is 0 Å². The fourth-order valence-corrected chi connectivity index (χ4v) is 2.42. The number of hydrogen-bond acceptors (Lipinski definition) is 5. The van der Waals surface area contributed by atoms with Gasteiger partial charge in [0.15, 0.2) is 16.4 Å². The van der Waals surface area contributed by atoms with E-state index in [0.29, 0.717) is 23.1 Å². The maximum absolute atomic E-state index is 11.8. The van der Waals surface area contributed by atoms with E-state index in [4.69, 9.17) is 5.11 Å². The summed E-state index contributed by atoms with van der Waals surface area (Å²) < 4.78 is 1.78. The molecular formula is C12H14N4O3S. The van der Waals surface area contributed by atoms with Gasteiger partial charge < -0.3 is 14.7 Å². The molecule has 0 aliphatic carbocycles. The SMILES string of the molecule is CCCn1c(SCC(=O)O)nnc1-c1c[nH]ccc1=O. The minimum absolute atomic E-state index is 0.0903. The summed E-state index contributed by atoms with van der Waals surface area (Å²) in [5.74, 6) is -0.547. The molecule has 2 aromatic heterocycles. The van der Waals surface area contributed by atoms with Crippen LogP contribution < -0.4 is 5.43 Å². The number of carboxylic acids is 1. The molecule has 8 heteroatoms. The van der Waals surface area contributed by atoms with Gasteiger partial charge in [-0.3, -0.25) is 9.59 Å². The lowest BCUT2D eigenvalue weighted by molar-refractivity contribution is -0.133. The molecule has 0 aliphatic heterocycles. The molecule has 0 atom stereocenters. The van der Waals surface area contributed by atoms with Crippen LogP contribution in [0.2, 0.25) is 0 Å². The summed E-state index contributed by atoms with van der Waals surface area (Å²) in [6, 6.07) is 1.42. The highest BCUT2D eigenvalue weighted by molar-refractivity contribution is 7.99. The Morgan fingerprint density at radius 3 is 2.95 bits per heavy atom. The van der Waals surface area contributed by atoms with Crippen molar-refractivity contribution >= 4 is 17.7 Å². The van der Waals surface area contributed by atoms with Crippen LogP contribution in [0.15, 0.2) is 28.4 Å². The number of nitrogens with zero attached hydrogens (tertiary/aromatic N) is 3. The van der Waals surface area contributed by atoms with Crippen LogP contribution in [0.1, 0.15) is 13.3 Å². The van der Waals surface area contributed by atoms with Crippen molar-refractivity contribution in [3.05, 3.63) is 28.7 Å². The molecule has 0 radical (unpaired) electrons. The lowest BCUT2D eigenvalue weighted by Crippen LogP contribution is -2.09. The van der Waals surface area contributed by atoms with E-state index in [-0.39, 0.29) is 11.2 Å². The molecule has 0 saturated heterocycles. The number of carbonyl (C=O) groups is 1. The van der Waals surface area contributed by atoms with E-state index in [2.05, 4.69) is 15.2 Å². The average molecular weight is 294 g/mol. The van der Waals surface area contributed by atoms with Crippen molar-refractivity contribution < 1.29 is 9.90 Å². The minimum Gasteiger partial charge on any atom is -0.481 e. The third-order valence-corrected chi connectivity index (χ3v) is 3.51. The van der Waals surface area contributed by atoms with Crippen molar-refractivity contribution in [3.63, 3.8) is 0 Å². The molecule has 0 fully saturated rings. The lowest BCUT2D eigenvalue weighted by Gasteiger charge is -2.07. The Labute approximate surface area is 119 Å². The summed E-state index contributed by atoms with van der Waals surface area (Å²) in [5.41, 5.74) is 0.277. The van der Waals surface area contributed by atoms with Gasteiger partial charge in [-0.1, -0.05) is 18.7 Å². The van der Waals surface area contributed by atoms with Gasteiger partial charge in [-0.2, -0.15) is 0 Å². The first-order valence-corrected chi connectivity index (χ1v) is 7.07. The van der Waals surface area contributed by atoms with Crippen LogP contribution in [-0.2, 0) is 11.3 Å². The van der Waals surface area contributed by atoms with Crippen LogP contribution in [0.25, 0.3) is 11.4 Å². The lowest BCUT2D eigenvalue weighted by atomic mass is 10.2. The van der Waals surface area contributed by atoms with E-state index in [1.54, 1.807) is 17.0 Å². The highest BCUT2D eigenvalue weighted by Crippen LogP contribution is 2.22. The molecule has 2 heterocycles. The van der Waals surface area contributed by atoms with Gasteiger partial charge >= 0.3 is 5.97 Å². The molecule has 0 aliphatic rings. The second-order valence-electron chi connectivity index (χ2n) is 4.06. The number of aromatic nitrogens is 4. The molecule has 106 valence electrons. The van der Waals surface area contributed by atoms with Gasteiger partial charge in [0.2, 0.25) is 0 Å². The van der Waals surface area contributed by atoms with E-state index in [0.717, 1.165) is 18.2 Å². The predicted octanol–water partition coefficient (Wildman–Crippen LogP) is 1.22. The quantitative estimate of drug-likeness (QED) is 0.777. The van der Waals surface area contributed by atoms with Gasteiger partial charge in [-0.05, 0) is 6.42 Å². The van der Waals surface area contributed by atoms with Crippen molar-refractivity contribution in [1.29, 1.82) is 0 Å². The van der Waals surface area contributed by atoms with Gasteiger partial charge in [0, 0.05) is 25.0 Å². The second kappa shape index (κ2) is 6.38. The van der Waals surface area contributed by atoms with Gasteiger partial charge in [0.25, 0.3) is 0 Å². The first kappa shape index (κ1) is 14.3. The molecule has 7 nitrogen and oxygen atoms in total. The molecule has 2 N–H and O–H groups in total. The predicted molar refractivity (Wildman–Crippen MR) is 74.7 cm³/mol. The minimum atomic E-state index is -0.917.